The van der Waals surface area contributed by atoms with E-state index in [1.54, 1.807) is 11.3 Å². The van der Waals surface area contributed by atoms with Crippen LogP contribution in [0, 0.1) is 20.8 Å². The van der Waals surface area contributed by atoms with Crippen molar-refractivity contribution in [1.82, 2.24) is 24.7 Å². The van der Waals surface area contributed by atoms with E-state index in [0.717, 1.165) is 33.6 Å². The van der Waals surface area contributed by atoms with Gasteiger partial charge in [0, 0.05) is 22.3 Å². The maximum Gasteiger partial charge on any atom is 0.229 e. The molecule has 0 amide bonds. The largest absolute Gasteiger partial charge is 0.287 e. The number of aromatic nitrogens is 5. The fourth-order valence-electron chi connectivity index (χ4n) is 2.14. The first kappa shape index (κ1) is 11.2. The van der Waals surface area contributed by atoms with Gasteiger partial charge in [-0.25, -0.2) is 10.1 Å². The molecule has 18 heavy (non-hydrogen) atoms. The van der Waals surface area contributed by atoms with E-state index in [-0.39, 0.29) is 0 Å². The van der Waals surface area contributed by atoms with Gasteiger partial charge < -0.3 is 0 Å². The van der Waals surface area contributed by atoms with E-state index < -0.39 is 0 Å². The Bertz CT molecular complexity index is 677. The Kier molecular flexibility index (Phi) is 2.52. The molecule has 0 spiro atoms. The minimum absolute atomic E-state index is 0.739. The molecule has 92 valence electrons. The molecule has 0 atom stereocenters. The second-order valence-corrected chi connectivity index (χ2v) is 5.24. The zero-order valence-electron chi connectivity index (χ0n) is 10.4. The zero-order valence-corrected chi connectivity index (χ0v) is 11.2. The molecule has 0 aliphatic heterocycles. The molecule has 0 aliphatic rings. The smallest absolute Gasteiger partial charge is 0.229 e. The third-order valence-corrected chi connectivity index (χ3v) is 3.71. The van der Waals surface area contributed by atoms with Crippen molar-refractivity contribution < 1.29 is 0 Å². The monoisotopic (exact) mass is 259 g/mol. The quantitative estimate of drug-likeness (QED) is 0.769. The minimum atomic E-state index is 0.739. The molecule has 0 fully saturated rings. The highest BCUT2D eigenvalue weighted by molar-refractivity contribution is 7.09. The molecule has 6 heteroatoms. The van der Waals surface area contributed by atoms with E-state index >= 15 is 0 Å². The second-order valence-electron chi connectivity index (χ2n) is 4.18. The van der Waals surface area contributed by atoms with Crippen molar-refractivity contribution in [3.8, 4) is 17.2 Å². The molecule has 0 unspecified atom stereocenters. The van der Waals surface area contributed by atoms with Gasteiger partial charge in [0.1, 0.15) is 6.33 Å². The summed E-state index contributed by atoms with van der Waals surface area (Å²) in [7, 11) is 0. The lowest BCUT2D eigenvalue weighted by Gasteiger charge is -2.04. The summed E-state index contributed by atoms with van der Waals surface area (Å²) in [6, 6.07) is 2.13. The summed E-state index contributed by atoms with van der Waals surface area (Å²) in [6.45, 7) is 6.14. The first-order chi connectivity index (χ1) is 8.66. The van der Waals surface area contributed by atoms with Crippen LogP contribution in [-0.4, -0.2) is 24.7 Å². The molecule has 0 aromatic carbocycles. The highest BCUT2D eigenvalue weighted by Gasteiger charge is 2.15. The Labute approximate surface area is 109 Å². The number of aryl methyl sites for hydroxylation is 2. The molecular formula is C12H13N5S. The Balaban J connectivity index is 2.17. The van der Waals surface area contributed by atoms with E-state index in [1.165, 1.54) is 6.33 Å². The molecule has 3 aromatic rings. The van der Waals surface area contributed by atoms with Gasteiger partial charge in [0.15, 0.2) is 0 Å². The summed E-state index contributed by atoms with van der Waals surface area (Å²) in [5.41, 5.74) is 4.41. The first-order valence-corrected chi connectivity index (χ1v) is 6.52. The average Bonchev–Trinajstić information content (AvgIpc) is 3.01. The summed E-state index contributed by atoms with van der Waals surface area (Å²) in [6.07, 6.45) is 1.51. The maximum atomic E-state index is 4.54. The predicted octanol–water partition coefficient (Wildman–Crippen LogP) is 2.64. The van der Waals surface area contributed by atoms with Crippen LogP contribution in [0.3, 0.4) is 0 Å². The minimum Gasteiger partial charge on any atom is -0.287 e. The number of thiazole rings is 1. The molecule has 0 saturated carbocycles. The number of nitrogens with zero attached hydrogens (tertiary/aromatic N) is 4. The van der Waals surface area contributed by atoms with E-state index in [4.69, 9.17) is 0 Å². The number of rotatable bonds is 2. The topological polar surface area (TPSA) is 59.4 Å². The fourth-order valence-corrected chi connectivity index (χ4v) is 2.75. The third kappa shape index (κ3) is 1.65. The second kappa shape index (κ2) is 4.06. The van der Waals surface area contributed by atoms with Crippen LogP contribution in [0.5, 0.6) is 0 Å². The Morgan fingerprint density at radius 3 is 2.72 bits per heavy atom. The van der Waals surface area contributed by atoms with Gasteiger partial charge in [0.2, 0.25) is 5.95 Å². The number of H-pyrrole nitrogens is 1. The normalized spacial score (nSPS) is 11.1. The maximum absolute atomic E-state index is 4.54. The van der Waals surface area contributed by atoms with Crippen LogP contribution >= 0.6 is 11.3 Å². The van der Waals surface area contributed by atoms with Gasteiger partial charge in [-0.2, -0.15) is 10.1 Å². The molecule has 3 aromatic heterocycles. The summed E-state index contributed by atoms with van der Waals surface area (Å²) in [5, 5.41) is 9.95. The van der Waals surface area contributed by atoms with Crippen LogP contribution < -0.4 is 0 Å². The lowest BCUT2D eigenvalue weighted by molar-refractivity contribution is 0.879. The number of aromatic amines is 1. The Morgan fingerprint density at radius 2 is 2.11 bits per heavy atom. The molecule has 5 nitrogen and oxygen atoms in total. The van der Waals surface area contributed by atoms with E-state index in [0.29, 0.717) is 0 Å². The lowest BCUT2D eigenvalue weighted by atomic mass is 10.2. The fraction of sp³-hybridized carbons (Fsp3) is 0.250. The van der Waals surface area contributed by atoms with E-state index in [2.05, 4.69) is 50.0 Å². The summed E-state index contributed by atoms with van der Waals surface area (Å²) >= 11 is 1.66. The van der Waals surface area contributed by atoms with Crippen LogP contribution in [0.4, 0.5) is 0 Å². The molecule has 1 N–H and O–H groups in total. The zero-order chi connectivity index (χ0) is 12.7. The number of hydrogen-bond donors (Lipinski definition) is 1. The first-order valence-electron chi connectivity index (χ1n) is 5.64. The van der Waals surface area contributed by atoms with Crippen LogP contribution in [0.1, 0.15) is 16.4 Å². The Morgan fingerprint density at radius 1 is 1.28 bits per heavy atom. The highest BCUT2D eigenvalue weighted by Crippen LogP contribution is 2.29. The summed E-state index contributed by atoms with van der Waals surface area (Å²) in [5.74, 6) is 0.739. The van der Waals surface area contributed by atoms with Gasteiger partial charge in [0.25, 0.3) is 0 Å². The SMILES string of the molecule is Cc1nc(-c2cc(C)n(-c3ncn[nH]3)c2C)cs1. The van der Waals surface area contributed by atoms with Gasteiger partial charge in [-0.1, -0.05) is 0 Å². The molecule has 3 heterocycles. The van der Waals surface area contributed by atoms with Crippen LogP contribution in [0.2, 0.25) is 0 Å². The van der Waals surface area contributed by atoms with Gasteiger partial charge in [-0.3, -0.25) is 4.57 Å². The van der Waals surface area contributed by atoms with Crippen molar-refractivity contribution in [2.75, 3.05) is 0 Å². The average molecular weight is 259 g/mol. The van der Waals surface area contributed by atoms with Crippen molar-refractivity contribution in [1.29, 1.82) is 0 Å². The highest BCUT2D eigenvalue weighted by atomic mass is 32.1. The summed E-state index contributed by atoms with van der Waals surface area (Å²) in [4.78, 5) is 8.74. The van der Waals surface area contributed by atoms with Crippen molar-refractivity contribution in [3.05, 3.63) is 34.2 Å². The molecule has 3 rings (SSSR count). The van der Waals surface area contributed by atoms with Gasteiger partial charge in [-0.15, -0.1) is 11.3 Å². The molecule has 0 saturated heterocycles. The van der Waals surface area contributed by atoms with E-state index in [9.17, 15) is 0 Å². The van der Waals surface area contributed by atoms with Crippen LogP contribution in [0.25, 0.3) is 17.2 Å². The standard InChI is InChI=1S/C12H13N5S/c1-7-4-10(11-5-18-9(3)15-11)8(2)17(7)12-13-6-14-16-12/h4-6H,1-3H3,(H,13,14,16). The third-order valence-electron chi connectivity index (χ3n) is 2.94. The summed E-state index contributed by atoms with van der Waals surface area (Å²) < 4.78 is 2.05. The van der Waals surface area contributed by atoms with Crippen molar-refractivity contribution in [2.24, 2.45) is 0 Å². The van der Waals surface area contributed by atoms with Gasteiger partial charge in [0.05, 0.1) is 10.7 Å². The lowest BCUT2D eigenvalue weighted by Crippen LogP contribution is -2.01. The van der Waals surface area contributed by atoms with E-state index in [1.807, 2.05) is 6.92 Å². The van der Waals surface area contributed by atoms with Gasteiger partial charge in [-0.05, 0) is 26.8 Å². The predicted molar refractivity (Wildman–Crippen MR) is 71.0 cm³/mol. The Hall–Kier alpha value is -1.95. The van der Waals surface area contributed by atoms with Gasteiger partial charge >= 0.3 is 0 Å². The van der Waals surface area contributed by atoms with Crippen molar-refractivity contribution in [3.63, 3.8) is 0 Å². The number of nitrogens with one attached hydrogen (secondary N) is 1. The molecule has 0 radical (unpaired) electrons. The van der Waals surface area contributed by atoms with Crippen molar-refractivity contribution >= 4 is 11.3 Å². The van der Waals surface area contributed by atoms with Crippen LogP contribution in [0.15, 0.2) is 17.8 Å². The van der Waals surface area contributed by atoms with Crippen molar-refractivity contribution in [2.45, 2.75) is 20.8 Å². The molecule has 0 aliphatic carbocycles. The van der Waals surface area contributed by atoms with Crippen LogP contribution in [-0.2, 0) is 0 Å². The number of hydrogen-bond acceptors (Lipinski definition) is 4. The molecular weight excluding hydrogens is 246 g/mol. The molecule has 0 bridgehead atoms.